The van der Waals surface area contributed by atoms with Crippen LogP contribution in [-0.2, 0) is 0 Å². The van der Waals surface area contributed by atoms with E-state index >= 15 is 0 Å². The number of hydrogen-bond acceptors (Lipinski definition) is 0. The van der Waals surface area contributed by atoms with Crippen molar-refractivity contribution in [3.8, 4) is 0 Å². The fourth-order valence-electron chi connectivity index (χ4n) is 2.01. The van der Waals surface area contributed by atoms with Gasteiger partial charge in [-0.3, -0.25) is 0 Å². The minimum atomic E-state index is 0.866. The summed E-state index contributed by atoms with van der Waals surface area (Å²) < 4.78 is 0. The van der Waals surface area contributed by atoms with E-state index < -0.39 is 0 Å². The molecule has 1 aliphatic rings. The van der Waals surface area contributed by atoms with Crippen LogP contribution in [0.1, 0.15) is 52.9 Å². The van der Waals surface area contributed by atoms with Gasteiger partial charge in [-0.2, -0.15) is 0 Å². The second-order valence-electron chi connectivity index (χ2n) is 3.83. The molecule has 0 amide bonds. The molecule has 0 aromatic rings. The zero-order valence-electron chi connectivity index (χ0n) is 8.11. The van der Waals surface area contributed by atoms with Crippen LogP contribution in [0.25, 0.3) is 0 Å². The average Bonchev–Trinajstić information content (AvgIpc) is 1.99. The van der Waals surface area contributed by atoms with Gasteiger partial charge in [-0.25, -0.2) is 0 Å². The Balaban J connectivity index is 2.63. The van der Waals surface area contributed by atoms with Crippen molar-refractivity contribution in [1.82, 2.24) is 0 Å². The highest BCUT2D eigenvalue weighted by atomic mass is 14.2. The van der Waals surface area contributed by atoms with Gasteiger partial charge in [0, 0.05) is 0 Å². The van der Waals surface area contributed by atoms with Gasteiger partial charge in [-0.05, 0) is 38.5 Å². The Morgan fingerprint density at radius 1 is 1.45 bits per heavy atom. The van der Waals surface area contributed by atoms with Crippen molar-refractivity contribution < 1.29 is 0 Å². The first-order valence-corrected chi connectivity index (χ1v) is 4.94. The van der Waals surface area contributed by atoms with Crippen LogP contribution < -0.4 is 0 Å². The van der Waals surface area contributed by atoms with E-state index in [4.69, 9.17) is 0 Å². The summed E-state index contributed by atoms with van der Waals surface area (Å²) in [7, 11) is 0. The van der Waals surface area contributed by atoms with Gasteiger partial charge in [-0.1, -0.05) is 31.4 Å². The van der Waals surface area contributed by atoms with Crippen molar-refractivity contribution in [3.05, 3.63) is 11.1 Å². The van der Waals surface area contributed by atoms with E-state index in [0.29, 0.717) is 0 Å². The van der Waals surface area contributed by atoms with Gasteiger partial charge in [0.2, 0.25) is 0 Å². The summed E-state index contributed by atoms with van der Waals surface area (Å²) >= 11 is 0. The second kappa shape index (κ2) is 3.94. The summed E-state index contributed by atoms with van der Waals surface area (Å²) in [6.45, 7) is 6.97. The predicted octanol–water partition coefficient (Wildman–Crippen LogP) is 3.92. The molecule has 1 unspecified atom stereocenters. The molecular weight excluding hydrogens is 132 g/mol. The van der Waals surface area contributed by atoms with Gasteiger partial charge in [0.1, 0.15) is 0 Å². The summed E-state index contributed by atoms with van der Waals surface area (Å²) in [5.41, 5.74) is 3.45. The Bertz CT molecular complexity index is 153. The van der Waals surface area contributed by atoms with Gasteiger partial charge in [-0.15, -0.1) is 0 Å². The topological polar surface area (TPSA) is 0 Å². The van der Waals surface area contributed by atoms with Crippen molar-refractivity contribution >= 4 is 0 Å². The average molecular weight is 152 g/mol. The second-order valence-corrected chi connectivity index (χ2v) is 3.83. The van der Waals surface area contributed by atoms with Crippen LogP contribution in [0.3, 0.4) is 0 Å². The molecule has 0 N–H and O–H groups in total. The number of hydrogen-bond donors (Lipinski definition) is 0. The van der Waals surface area contributed by atoms with Gasteiger partial charge < -0.3 is 0 Å². The highest BCUT2D eigenvalue weighted by Gasteiger charge is 2.14. The first-order chi connectivity index (χ1) is 5.25. The highest BCUT2D eigenvalue weighted by Crippen LogP contribution is 2.31. The number of allylic oxidation sites excluding steroid dienone is 2. The molecule has 1 rings (SSSR count). The molecule has 11 heavy (non-hydrogen) atoms. The maximum absolute atomic E-state index is 2.37. The lowest BCUT2D eigenvalue weighted by atomic mass is 9.83. The third kappa shape index (κ3) is 2.08. The molecule has 0 spiro atoms. The van der Waals surface area contributed by atoms with Gasteiger partial charge in [0.05, 0.1) is 0 Å². The molecule has 0 bridgehead atoms. The van der Waals surface area contributed by atoms with Crippen molar-refractivity contribution in [3.63, 3.8) is 0 Å². The summed E-state index contributed by atoms with van der Waals surface area (Å²) in [5.74, 6) is 0.866. The molecular formula is C11H20. The lowest BCUT2D eigenvalue weighted by Gasteiger charge is -2.23. The molecule has 0 aromatic carbocycles. The van der Waals surface area contributed by atoms with Gasteiger partial charge in [0.25, 0.3) is 0 Å². The normalized spacial score (nSPS) is 25.9. The Morgan fingerprint density at radius 3 is 2.82 bits per heavy atom. The fourth-order valence-corrected chi connectivity index (χ4v) is 2.01. The molecule has 0 heterocycles. The zero-order chi connectivity index (χ0) is 8.27. The maximum Gasteiger partial charge on any atom is -0.0232 e. The number of rotatable bonds is 2. The Hall–Kier alpha value is -0.260. The summed E-state index contributed by atoms with van der Waals surface area (Å²) in [4.78, 5) is 0. The van der Waals surface area contributed by atoms with Crippen molar-refractivity contribution in [1.29, 1.82) is 0 Å². The lowest BCUT2D eigenvalue weighted by Crippen LogP contribution is -2.06. The zero-order valence-corrected chi connectivity index (χ0v) is 8.11. The van der Waals surface area contributed by atoms with Crippen LogP contribution >= 0.6 is 0 Å². The van der Waals surface area contributed by atoms with Crippen LogP contribution in [0.2, 0.25) is 0 Å². The molecule has 64 valence electrons. The molecule has 0 aromatic heterocycles. The van der Waals surface area contributed by atoms with Gasteiger partial charge >= 0.3 is 0 Å². The van der Waals surface area contributed by atoms with E-state index in [9.17, 15) is 0 Å². The van der Waals surface area contributed by atoms with Crippen LogP contribution in [0.4, 0.5) is 0 Å². The van der Waals surface area contributed by atoms with E-state index in [1.165, 1.54) is 32.1 Å². The van der Waals surface area contributed by atoms with E-state index in [1.54, 1.807) is 11.1 Å². The van der Waals surface area contributed by atoms with E-state index in [2.05, 4.69) is 20.8 Å². The molecule has 0 aliphatic heterocycles. The van der Waals surface area contributed by atoms with Crippen molar-refractivity contribution in [2.24, 2.45) is 5.92 Å². The monoisotopic (exact) mass is 152 g/mol. The fraction of sp³-hybridized carbons (Fsp3) is 0.818. The van der Waals surface area contributed by atoms with Crippen LogP contribution in [0.5, 0.6) is 0 Å². The Morgan fingerprint density at radius 2 is 2.18 bits per heavy atom. The quantitative estimate of drug-likeness (QED) is 0.526. The molecule has 0 saturated heterocycles. The third-order valence-corrected chi connectivity index (χ3v) is 2.96. The van der Waals surface area contributed by atoms with Crippen LogP contribution in [0, 0.1) is 5.92 Å². The van der Waals surface area contributed by atoms with Crippen molar-refractivity contribution in [2.75, 3.05) is 0 Å². The summed E-state index contributed by atoms with van der Waals surface area (Å²) in [6, 6.07) is 0. The van der Waals surface area contributed by atoms with Crippen molar-refractivity contribution in [2.45, 2.75) is 52.9 Å². The molecule has 0 saturated carbocycles. The largest absolute Gasteiger partial charge is 0.0713 e. The Kier molecular flexibility index (Phi) is 3.16. The lowest BCUT2D eigenvalue weighted by molar-refractivity contribution is 0.523. The molecule has 0 nitrogen and oxygen atoms in total. The van der Waals surface area contributed by atoms with Gasteiger partial charge in [0.15, 0.2) is 0 Å². The first kappa shape index (κ1) is 8.83. The molecule has 0 fully saturated rings. The van der Waals surface area contributed by atoms with Crippen LogP contribution in [0.15, 0.2) is 11.1 Å². The minimum Gasteiger partial charge on any atom is -0.0713 e. The minimum absolute atomic E-state index is 0.866. The third-order valence-electron chi connectivity index (χ3n) is 2.96. The van der Waals surface area contributed by atoms with E-state index in [-0.39, 0.29) is 0 Å². The van der Waals surface area contributed by atoms with Crippen LogP contribution in [-0.4, -0.2) is 0 Å². The summed E-state index contributed by atoms with van der Waals surface area (Å²) in [6.07, 6.45) is 6.88. The van der Waals surface area contributed by atoms with E-state index in [0.717, 1.165) is 5.92 Å². The predicted molar refractivity (Wildman–Crippen MR) is 50.6 cm³/mol. The molecule has 0 heteroatoms. The van der Waals surface area contributed by atoms with E-state index in [1.807, 2.05) is 0 Å². The molecule has 1 atom stereocenters. The SMILES string of the molecule is CCCC1=C(C)C(C)CCC1. The Labute approximate surface area is 70.7 Å². The smallest absolute Gasteiger partial charge is 0.0232 e. The first-order valence-electron chi connectivity index (χ1n) is 4.94. The highest BCUT2D eigenvalue weighted by molar-refractivity contribution is 5.17. The maximum atomic E-state index is 2.37. The standard InChI is InChI=1S/C11H20/c1-4-6-11-8-5-7-9(2)10(11)3/h9H,4-8H2,1-3H3. The molecule has 1 aliphatic carbocycles. The molecule has 0 radical (unpaired) electrons. The summed E-state index contributed by atoms with van der Waals surface area (Å²) in [5, 5.41) is 0.